The summed E-state index contributed by atoms with van der Waals surface area (Å²) in [5, 5.41) is 2.42. The van der Waals surface area contributed by atoms with Crippen LogP contribution in [0.4, 0.5) is 17.6 Å². The molecule has 3 nitrogen and oxygen atoms in total. The minimum absolute atomic E-state index is 0.283. The Morgan fingerprint density at radius 3 is 2.28 bits per heavy atom. The molecular formula is C26H19Cl3F4N2O. The average Bonchev–Trinajstić information content (AvgIpc) is 3.57. The van der Waals surface area contributed by atoms with Crippen molar-refractivity contribution in [3.05, 3.63) is 104 Å². The predicted molar refractivity (Wildman–Crippen MR) is 133 cm³/mol. The van der Waals surface area contributed by atoms with Crippen molar-refractivity contribution < 1.29 is 22.4 Å². The lowest BCUT2D eigenvalue weighted by Gasteiger charge is -2.19. The van der Waals surface area contributed by atoms with Gasteiger partial charge in [0, 0.05) is 11.8 Å². The fourth-order valence-electron chi connectivity index (χ4n) is 3.97. The zero-order chi connectivity index (χ0) is 26.3. The number of carbonyl (C=O) groups is 1. The summed E-state index contributed by atoms with van der Waals surface area (Å²) in [6.45, 7) is 1.70. The van der Waals surface area contributed by atoms with Gasteiger partial charge in [-0.25, -0.2) is 9.37 Å². The molecule has 0 radical (unpaired) electrons. The monoisotopic (exact) mass is 556 g/mol. The van der Waals surface area contributed by atoms with E-state index in [0.29, 0.717) is 21.8 Å². The molecule has 0 bridgehead atoms. The third-order valence-corrected chi connectivity index (χ3v) is 6.85. The Morgan fingerprint density at radius 2 is 1.75 bits per heavy atom. The molecule has 1 saturated carbocycles. The van der Waals surface area contributed by atoms with Gasteiger partial charge in [0.1, 0.15) is 5.15 Å². The first-order chi connectivity index (χ1) is 16.9. The van der Waals surface area contributed by atoms with E-state index in [1.165, 1.54) is 6.08 Å². The largest absolute Gasteiger partial charge is 0.399 e. The molecule has 1 aliphatic carbocycles. The molecule has 1 amide bonds. The molecule has 2 aromatic carbocycles. The highest BCUT2D eigenvalue weighted by atomic mass is 35.5. The maximum absolute atomic E-state index is 13.8. The normalized spacial score (nSPS) is 15.7. The minimum atomic E-state index is -4.66. The van der Waals surface area contributed by atoms with E-state index in [-0.39, 0.29) is 11.5 Å². The van der Waals surface area contributed by atoms with Crippen LogP contribution in [0.25, 0.3) is 6.08 Å². The molecule has 1 atom stereocenters. The number of rotatable bonds is 6. The molecule has 188 valence electrons. The van der Waals surface area contributed by atoms with Gasteiger partial charge in [0.15, 0.2) is 5.82 Å². The van der Waals surface area contributed by atoms with Gasteiger partial charge in [-0.15, -0.1) is 0 Å². The number of halogens is 7. The van der Waals surface area contributed by atoms with Crippen molar-refractivity contribution >= 4 is 46.8 Å². The number of amides is 1. The molecule has 1 aromatic heterocycles. The maximum Gasteiger partial charge on any atom is 0.399 e. The van der Waals surface area contributed by atoms with Gasteiger partial charge < -0.3 is 5.32 Å². The van der Waals surface area contributed by atoms with E-state index < -0.39 is 33.5 Å². The predicted octanol–water partition coefficient (Wildman–Crippen LogP) is 8.27. The van der Waals surface area contributed by atoms with Crippen molar-refractivity contribution in [2.75, 3.05) is 0 Å². The van der Waals surface area contributed by atoms with Gasteiger partial charge in [-0.1, -0.05) is 65.2 Å². The van der Waals surface area contributed by atoms with Crippen molar-refractivity contribution in [2.24, 2.45) is 0 Å². The lowest BCUT2D eigenvalue weighted by atomic mass is 9.96. The second-order valence-corrected chi connectivity index (χ2v) is 9.86. The zero-order valence-corrected chi connectivity index (χ0v) is 21.0. The van der Waals surface area contributed by atoms with Gasteiger partial charge in [-0.3, -0.25) is 4.79 Å². The standard InChI is InChI=1S/C26H19Cl3F4N2O/c1-14-10-15(3-6-19(26(31,32)33)16-11-20(27)23(30)21(28)12-16)2-5-18(14)24(36)35-25(8-9-25)17-4-7-22(29)34-13-17/h2-7,10-13,19H,8-9H2,1H3,(H,35,36)/b6-3+. The first-order valence-electron chi connectivity index (χ1n) is 10.8. The molecule has 1 unspecified atom stereocenters. The number of aryl methyl sites for hydroxylation is 1. The van der Waals surface area contributed by atoms with Gasteiger partial charge >= 0.3 is 6.18 Å². The Hall–Kier alpha value is -2.61. The Balaban J connectivity index is 1.54. The molecule has 10 heteroatoms. The van der Waals surface area contributed by atoms with Crippen LogP contribution in [0.5, 0.6) is 0 Å². The number of aromatic nitrogens is 1. The Kier molecular flexibility index (Phi) is 7.37. The van der Waals surface area contributed by atoms with Gasteiger partial charge in [0.2, 0.25) is 0 Å². The van der Waals surface area contributed by atoms with Crippen LogP contribution < -0.4 is 5.32 Å². The van der Waals surface area contributed by atoms with Crippen LogP contribution in [0.2, 0.25) is 15.2 Å². The summed E-state index contributed by atoms with van der Waals surface area (Å²) in [6.07, 6.45) is 0.733. The Morgan fingerprint density at radius 1 is 1.08 bits per heavy atom. The molecule has 1 N–H and O–H groups in total. The fourth-order valence-corrected chi connectivity index (χ4v) is 4.59. The van der Waals surface area contributed by atoms with Crippen LogP contribution in [0.3, 0.4) is 0 Å². The topological polar surface area (TPSA) is 42.0 Å². The van der Waals surface area contributed by atoms with Crippen LogP contribution in [0, 0.1) is 12.7 Å². The number of hydrogen-bond acceptors (Lipinski definition) is 2. The third-order valence-electron chi connectivity index (χ3n) is 6.08. The van der Waals surface area contributed by atoms with E-state index in [4.69, 9.17) is 34.8 Å². The van der Waals surface area contributed by atoms with Gasteiger partial charge in [0.05, 0.1) is 21.5 Å². The number of nitrogens with zero attached hydrogens (tertiary/aromatic N) is 1. The van der Waals surface area contributed by atoms with Crippen LogP contribution in [-0.4, -0.2) is 17.1 Å². The van der Waals surface area contributed by atoms with Gasteiger partial charge in [-0.05, 0) is 66.3 Å². The highest BCUT2D eigenvalue weighted by molar-refractivity contribution is 6.35. The highest BCUT2D eigenvalue weighted by Crippen LogP contribution is 2.45. The molecule has 0 saturated heterocycles. The summed E-state index contributed by atoms with van der Waals surface area (Å²) >= 11 is 17.2. The number of carbonyl (C=O) groups excluding carboxylic acids is 1. The highest BCUT2D eigenvalue weighted by Gasteiger charge is 2.46. The molecule has 1 fully saturated rings. The number of allylic oxidation sites excluding steroid dienone is 1. The van der Waals surface area contributed by atoms with E-state index in [1.54, 1.807) is 37.4 Å². The summed E-state index contributed by atoms with van der Waals surface area (Å²) in [5.74, 6) is -3.32. The molecule has 36 heavy (non-hydrogen) atoms. The van der Waals surface area contributed by atoms with E-state index in [2.05, 4.69) is 10.3 Å². The van der Waals surface area contributed by atoms with Gasteiger partial charge in [-0.2, -0.15) is 13.2 Å². The van der Waals surface area contributed by atoms with Crippen molar-refractivity contribution in [3.8, 4) is 0 Å². The van der Waals surface area contributed by atoms with E-state index >= 15 is 0 Å². The second-order valence-electron chi connectivity index (χ2n) is 8.66. The number of hydrogen-bond donors (Lipinski definition) is 1. The van der Waals surface area contributed by atoms with E-state index in [1.807, 2.05) is 6.07 Å². The molecule has 0 aliphatic heterocycles. The van der Waals surface area contributed by atoms with Gasteiger partial charge in [0.25, 0.3) is 5.91 Å². The SMILES string of the molecule is Cc1cc(/C=C/C(c2cc(Cl)c(F)c(Cl)c2)C(F)(F)F)ccc1C(=O)NC1(c2ccc(Cl)nc2)CC1. The summed E-state index contributed by atoms with van der Waals surface area (Å²) in [6, 6.07) is 10.0. The first kappa shape index (κ1) is 26.5. The number of alkyl halides is 3. The molecule has 3 aromatic rings. The Labute approximate surface area is 220 Å². The zero-order valence-electron chi connectivity index (χ0n) is 18.8. The second kappa shape index (κ2) is 10.0. The minimum Gasteiger partial charge on any atom is -0.342 e. The molecule has 1 aliphatic rings. The van der Waals surface area contributed by atoms with Crippen molar-refractivity contribution in [2.45, 2.75) is 37.4 Å². The van der Waals surface area contributed by atoms with Crippen LogP contribution in [0.15, 0.2) is 54.7 Å². The number of benzene rings is 2. The summed E-state index contributed by atoms with van der Waals surface area (Å²) in [4.78, 5) is 17.0. The quantitative estimate of drug-likeness (QED) is 0.188. The fraction of sp³-hybridized carbons (Fsp3) is 0.231. The lowest BCUT2D eigenvalue weighted by Crippen LogP contribution is -2.35. The number of pyridine rings is 1. The molecule has 0 spiro atoms. The smallest absolute Gasteiger partial charge is 0.342 e. The van der Waals surface area contributed by atoms with Crippen molar-refractivity contribution in [3.63, 3.8) is 0 Å². The van der Waals surface area contributed by atoms with Crippen LogP contribution in [-0.2, 0) is 5.54 Å². The summed E-state index contributed by atoms with van der Waals surface area (Å²) in [5.41, 5.74) is 1.53. The molecule has 1 heterocycles. The average molecular weight is 558 g/mol. The molecule has 4 rings (SSSR count). The summed E-state index contributed by atoms with van der Waals surface area (Å²) in [7, 11) is 0. The maximum atomic E-state index is 13.8. The van der Waals surface area contributed by atoms with Crippen molar-refractivity contribution in [1.82, 2.24) is 10.3 Å². The lowest BCUT2D eigenvalue weighted by molar-refractivity contribution is -0.139. The Bertz CT molecular complexity index is 1310. The van der Waals surface area contributed by atoms with E-state index in [0.717, 1.165) is 36.6 Å². The van der Waals surface area contributed by atoms with E-state index in [9.17, 15) is 22.4 Å². The molecular weight excluding hydrogens is 539 g/mol. The van der Waals surface area contributed by atoms with Crippen molar-refractivity contribution in [1.29, 1.82) is 0 Å². The van der Waals surface area contributed by atoms with Crippen LogP contribution >= 0.6 is 34.8 Å². The summed E-state index contributed by atoms with van der Waals surface area (Å²) < 4.78 is 54.9. The number of nitrogens with one attached hydrogen (secondary N) is 1. The third kappa shape index (κ3) is 5.69. The first-order valence-corrected chi connectivity index (χ1v) is 12.0. The van der Waals surface area contributed by atoms with Crippen LogP contribution in [0.1, 0.15) is 51.4 Å².